The highest BCUT2D eigenvalue weighted by Gasteiger charge is 2.11. The van der Waals surface area contributed by atoms with E-state index < -0.39 is 6.10 Å². The topological polar surface area (TPSA) is 47.3 Å². The lowest BCUT2D eigenvalue weighted by molar-refractivity contribution is 0.0917. The van der Waals surface area contributed by atoms with E-state index in [1.54, 1.807) is 6.20 Å². The number of ether oxygens (including phenoxy) is 1. The SMILES string of the molecule is Cc1nccn1C[C@@H](O)COc1ccc2ccccc2c1Br. The molecule has 1 heterocycles. The summed E-state index contributed by atoms with van der Waals surface area (Å²) in [4.78, 5) is 4.14. The van der Waals surface area contributed by atoms with Crippen LogP contribution < -0.4 is 4.74 Å². The van der Waals surface area contributed by atoms with Gasteiger partial charge < -0.3 is 14.4 Å². The van der Waals surface area contributed by atoms with Crippen LogP contribution in [0.25, 0.3) is 10.8 Å². The van der Waals surface area contributed by atoms with Crippen molar-refractivity contribution in [2.75, 3.05) is 6.61 Å². The van der Waals surface area contributed by atoms with Gasteiger partial charge in [-0.2, -0.15) is 0 Å². The Kier molecular flexibility index (Phi) is 4.45. The Morgan fingerprint density at radius 3 is 2.86 bits per heavy atom. The zero-order valence-electron chi connectivity index (χ0n) is 12.2. The maximum atomic E-state index is 10.1. The smallest absolute Gasteiger partial charge is 0.134 e. The first-order valence-electron chi connectivity index (χ1n) is 7.11. The van der Waals surface area contributed by atoms with Crippen LogP contribution in [0.1, 0.15) is 5.82 Å². The number of aromatic nitrogens is 2. The summed E-state index contributed by atoms with van der Waals surface area (Å²) in [6, 6.07) is 12.0. The van der Waals surface area contributed by atoms with E-state index in [4.69, 9.17) is 4.74 Å². The lowest BCUT2D eigenvalue weighted by Crippen LogP contribution is -2.23. The van der Waals surface area contributed by atoms with Crippen molar-refractivity contribution in [3.8, 4) is 5.75 Å². The van der Waals surface area contributed by atoms with Gasteiger partial charge in [-0.1, -0.05) is 30.3 Å². The molecule has 0 aliphatic rings. The quantitative estimate of drug-likeness (QED) is 0.756. The summed E-state index contributed by atoms with van der Waals surface area (Å²) in [5, 5.41) is 12.4. The van der Waals surface area contributed by atoms with Crippen LogP contribution in [0.4, 0.5) is 0 Å². The van der Waals surface area contributed by atoms with Gasteiger partial charge in [0.1, 0.15) is 24.3 Å². The number of nitrogens with zero attached hydrogens (tertiary/aromatic N) is 2. The third-order valence-electron chi connectivity index (χ3n) is 3.59. The van der Waals surface area contributed by atoms with Gasteiger partial charge >= 0.3 is 0 Å². The fourth-order valence-electron chi connectivity index (χ4n) is 2.39. The van der Waals surface area contributed by atoms with E-state index in [-0.39, 0.29) is 6.61 Å². The first kappa shape index (κ1) is 15.1. The summed E-state index contributed by atoms with van der Waals surface area (Å²) < 4.78 is 8.58. The van der Waals surface area contributed by atoms with Crippen molar-refractivity contribution < 1.29 is 9.84 Å². The van der Waals surface area contributed by atoms with Gasteiger partial charge in [-0.15, -0.1) is 0 Å². The molecule has 22 heavy (non-hydrogen) atoms. The second kappa shape index (κ2) is 6.50. The van der Waals surface area contributed by atoms with Crippen molar-refractivity contribution in [2.45, 2.75) is 19.6 Å². The number of halogens is 1. The van der Waals surface area contributed by atoms with E-state index in [2.05, 4.69) is 27.0 Å². The Labute approximate surface area is 137 Å². The summed E-state index contributed by atoms with van der Waals surface area (Å²) in [6.45, 7) is 2.61. The van der Waals surface area contributed by atoms with Crippen LogP contribution in [0.3, 0.4) is 0 Å². The second-order valence-corrected chi connectivity index (χ2v) is 5.98. The Morgan fingerprint density at radius 1 is 1.27 bits per heavy atom. The van der Waals surface area contributed by atoms with Gasteiger partial charge in [0, 0.05) is 12.4 Å². The highest BCUT2D eigenvalue weighted by Crippen LogP contribution is 2.33. The zero-order chi connectivity index (χ0) is 15.5. The Hall–Kier alpha value is -1.85. The normalized spacial score (nSPS) is 12.5. The number of aliphatic hydroxyl groups excluding tert-OH is 1. The maximum absolute atomic E-state index is 10.1. The summed E-state index contributed by atoms with van der Waals surface area (Å²) in [5.41, 5.74) is 0. The molecule has 0 spiro atoms. The van der Waals surface area contributed by atoms with Crippen LogP contribution in [0.2, 0.25) is 0 Å². The molecule has 3 rings (SSSR count). The van der Waals surface area contributed by atoms with Crippen molar-refractivity contribution in [1.82, 2.24) is 9.55 Å². The van der Waals surface area contributed by atoms with Crippen LogP contribution >= 0.6 is 15.9 Å². The summed E-state index contributed by atoms with van der Waals surface area (Å²) >= 11 is 3.58. The molecule has 4 nitrogen and oxygen atoms in total. The largest absolute Gasteiger partial charge is 0.490 e. The van der Waals surface area contributed by atoms with Crippen molar-refractivity contribution >= 4 is 26.7 Å². The fraction of sp³-hybridized carbons (Fsp3) is 0.235. The average molecular weight is 361 g/mol. The maximum Gasteiger partial charge on any atom is 0.134 e. The van der Waals surface area contributed by atoms with E-state index in [0.29, 0.717) is 6.54 Å². The molecule has 0 aliphatic carbocycles. The molecule has 0 aliphatic heterocycles. The fourth-order valence-corrected chi connectivity index (χ4v) is 3.00. The van der Waals surface area contributed by atoms with Crippen molar-refractivity contribution in [2.24, 2.45) is 0 Å². The van der Waals surface area contributed by atoms with Crippen LogP contribution in [-0.4, -0.2) is 27.4 Å². The molecule has 1 atom stereocenters. The van der Waals surface area contributed by atoms with Gasteiger partial charge in [-0.3, -0.25) is 0 Å². The number of rotatable bonds is 5. The molecule has 0 saturated heterocycles. The van der Waals surface area contributed by atoms with E-state index >= 15 is 0 Å². The minimum Gasteiger partial charge on any atom is -0.490 e. The summed E-state index contributed by atoms with van der Waals surface area (Å²) in [7, 11) is 0. The molecule has 3 aromatic rings. The number of hydrogen-bond donors (Lipinski definition) is 1. The van der Waals surface area contributed by atoms with Gasteiger partial charge in [-0.25, -0.2) is 4.98 Å². The summed E-state index contributed by atoms with van der Waals surface area (Å²) in [5.74, 6) is 1.62. The first-order chi connectivity index (χ1) is 10.6. The highest BCUT2D eigenvalue weighted by molar-refractivity contribution is 9.10. The molecule has 0 saturated carbocycles. The first-order valence-corrected chi connectivity index (χ1v) is 7.90. The van der Waals surface area contributed by atoms with Gasteiger partial charge in [-0.05, 0) is 39.7 Å². The Balaban J connectivity index is 1.68. The third-order valence-corrected chi connectivity index (χ3v) is 4.41. The molecule has 1 N–H and O–H groups in total. The van der Waals surface area contributed by atoms with E-state index in [0.717, 1.165) is 26.8 Å². The van der Waals surface area contributed by atoms with Crippen molar-refractivity contribution in [3.63, 3.8) is 0 Å². The van der Waals surface area contributed by atoms with Crippen LogP contribution in [0.15, 0.2) is 53.3 Å². The van der Waals surface area contributed by atoms with Gasteiger partial charge in [0.2, 0.25) is 0 Å². The predicted octanol–water partition coefficient (Wildman–Crippen LogP) is 3.55. The van der Waals surface area contributed by atoms with Gasteiger partial charge in [0.25, 0.3) is 0 Å². The van der Waals surface area contributed by atoms with E-state index in [9.17, 15) is 5.11 Å². The monoisotopic (exact) mass is 360 g/mol. The Bertz CT molecular complexity index is 785. The van der Waals surface area contributed by atoms with E-state index in [1.165, 1.54) is 0 Å². The predicted molar refractivity (Wildman–Crippen MR) is 90.1 cm³/mol. The second-order valence-electron chi connectivity index (χ2n) is 5.19. The molecule has 0 radical (unpaired) electrons. The molecule has 0 unspecified atom stereocenters. The zero-order valence-corrected chi connectivity index (χ0v) is 13.8. The average Bonchev–Trinajstić information content (AvgIpc) is 2.92. The number of imidazole rings is 1. The number of aliphatic hydroxyl groups is 1. The standard InChI is InChI=1S/C17H17BrN2O2/c1-12-19-8-9-20(12)10-14(21)11-22-16-7-6-13-4-2-3-5-15(13)17(16)18/h2-9,14,21H,10-11H2,1H3/t14-/m1/s1. The molecule has 1 aromatic heterocycles. The minimum atomic E-state index is -0.591. The van der Waals surface area contributed by atoms with Crippen LogP contribution in [-0.2, 0) is 6.54 Å². The molecule has 114 valence electrons. The Morgan fingerprint density at radius 2 is 2.09 bits per heavy atom. The number of fused-ring (bicyclic) bond motifs is 1. The molecular formula is C17H17BrN2O2. The molecule has 5 heteroatoms. The number of hydrogen-bond acceptors (Lipinski definition) is 3. The number of aryl methyl sites for hydroxylation is 1. The molecule has 2 aromatic carbocycles. The molecule has 0 bridgehead atoms. The van der Waals surface area contributed by atoms with Gasteiger partial charge in [0.15, 0.2) is 0 Å². The van der Waals surface area contributed by atoms with Crippen molar-refractivity contribution in [1.29, 1.82) is 0 Å². The molecule has 0 fully saturated rings. The highest BCUT2D eigenvalue weighted by atomic mass is 79.9. The van der Waals surface area contributed by atoms with Gasteiger partial charge in [0.05, 0.1) is 11.0 Å². The van der Waals surface area contributed by atoms with Crippen LogP contribution in [0, 0.1) is 6.92 Å². The minimum absolute atomic E-state index is 0.231. The summed E-state index contributed by atoms with van der Waals surface area (Å²) in [6.07, 6.45) is 2.99. The lowest BCUT2D eigenvalue weighted by Gasteiger charge is -2.15. The lowest BCUT2D eigenvalue weighted by atomic mass is 10.1. The molecular weight excluding hydrogens is 344 g/mol. The third kappa shape index (κ3) is 3.15. The molecule has 0 amide bonds. The van der Waals surface area contributed by atoms with Crippen molar-refractivity contribution in [3.05, 3.63) is 59.1 Å². The van der Waals surface area contributed by atoms with E-state index in [1.807, 2.05) is 48.0 Å². The number of benzene rings is 2. The van der Waals surface area contributed by atoms with Crippen LogP contribution in [0.5, 0.6) is 5.75 Å².